The van der Waals surface area contributed by atoms with Gasteiger partial charge in [0.15, 0.2) is 0 Å². The van der Waals surface area contributed by atoms with Crippen LogP contribution in [0.5, 0.6) is 5.88 Å². The third-order valence-electron chi connectivity index (χ3n) is 5.21. The maximum Gasteiger partial charge on any atom is 0.270 e. The highest BCUT2D eigenvalue weighted by atomic mass is 16.5. The Morgan fingerprint density at radius 2 is 2.07 bits per heavy atom. The van der Waals surface area contributed by atoms with Gasteiger partial charge in [-0.15, -0.1) is 0 Å². The van der Waals surface area contributed by atoms with Crippen molar-refractivity contribution in [3.63, 3.8) is 0 Å². The van der Waals surface area contributed by atoms with E-state index >= 15 is 0 Å². The van der Waals surface area contributed by atoms with Gasteiger partial charge >= 0.3 is 0 Å². The lowest BCUT2D eigenvalue weighted by atomic mass is 10.0. The van der Waals surface area contributed by atoms with Crippen molar-refractivity contribution in [1.29, 1.82) is 0 Å². The van der Waals surface area contributed by atoms with Gasteiger partial charge in [0.1, 0.15) is 5.69 Å². The maximum atomic E-state index is 12.6. The highest BCUT2D eigenvalue weighted by Crippen LogP contribution is 2.21. The molecule has 0 aliphatic heterocycles. The minimum absolute atomic E-state index is 0.214. The molecule has 0 spiro atoms. The predicted octanol–water partition coefficient (Wildman–Crippen LogP) is 2.51. The molecule has 4 rings (SSSR count). The third-order valence-corrected chi connectivity index (χ3v) is 5.21. The second kappa shape index (κ2) is 8.45. The number of aliphatic hydroxyl groups excluding tert-OH is 1. The number of hydrogen-bond donors (Lipinski definition) is 2. The number of aliphatic hydroxyl groups is 1. The first-order chi connectivity index (χ1) is 14.1. The van der Waals surface area contributed by atoms with E-state index in [1.54, 1.807) is 16.9 Å². The van der Waals surface area contributed by atoms with Crippen LogP contribution in [0.3, 0.4) is 0 Å². The van der Waals surface area contributed by atoms with Crippen LogP contribution in [0.4, 0.5) is 0 Å². The molecule has 2 N–H and O–H groups in total. The van der Waals surface area contributed by atoms with Crippen molar-refractivity contribution in [1.82, 2.24) is 20.1 Å². The maximum absolute atomic E-state index is 12.6. The monoisotopic (exact) mass is 392 g/mol. The van der Waals surface area contributed by atoms with Crippen LogP contribution < -0.4 is 10.1 Å². The summed E-state index contributed by atoms with van der Waals surface area (Å²) in [5.74, 6) is 0.109. The molecule has 2 atom stereocenters. The van der Waals surface area contributed by atoms with Crippen molar-refractivity contribution < 1.29 is 14.6 Å². The smallest absolute Gasteiger partial charge is 0.270 e. The summed E-state index contributed by atoms with van der Waals surface area (Å²) in [4.78, 5) is 16.9. The van der Waals surface area contributed by atoms with Gasteiger partial charge in [0.2, 0.25) is 5.88 Å². The molecule has 29 heavy (non-hydrogen) atoms. The average Bonchev–Trinajstić information content (AvgIpc) is 3.41. The zero-order valence-corrected chi connectivity index (χ0v) is 16.3. The Morgan fingerprint density at radius 1 is 1.24 bits per heavy atom. The summed E-state index contributed by atoms with van der Waals surface area (Å²) in [7, 11) is 1.54. The number of hydrogen-bond acceptors (Lipinski definition) is 5. The summed E-state index contributed by atoms with van der Waals surface area (Å²) in [6.45, 7) is 0. The number of aromatic nitrogens is 3. The zero-order valence-electron chi connectivity index (χ0n) is 16.3. The lowest BCUT2D eigenvalue weighted by molar-refractivity contribution is 0.0867. The Kier molecular flexibility index (Phi) is 5.57. The highest BCUT2D eigenvalue weighted by molar-refractivity contribution is 5.92. The standard InChI is InChI=1S/C22H24N4O3/c1-29-21-14-16(12-15-6-8-17(9-7-15)26-11-3-10-23-26)13-19(24-21)22(28)25-18-4-2-5-20(18)27/h3,6-11,13-14,18,20,27H,2,4-5,12H2,1H3,(H,25,28)/t18-,20-/m0/s1. The Bertz CT molecular complexity index is 970. The molecule has 1 saturated carbocycles. The van der Waals surface area contributed by atoms with Crippen LogP contribution in [0.2, 0.25) is 0 Å². The van der Waals surface area contributed by atoms with Crippen LogP contribution in [0.25, 0.3) is 5.69 Å². The molecular weight excluding hydrogens is 368 g/mol. The van der Waals surface area contributed by atoms with Crippen LogP contribution in [-0.2, 0) is 6.42 Å². The van der Waals surface area contributed by atoms with Crippen molar-refractivity contribution in [2.45, 2.75) is 37.8 Å². The molecular formula is C22H24N4O3. The summed E-state index contributed by atoms with van der Waals surface area (Å²) in [5.41, 5.74) is 3.32. The van der Waals surface area contributed by atoms with Crippen LogP contribution >= 0.6 is 0 Å². The zero-order chi connectivity index (χ0) is 20.2. The van der Waals surface area contributed by atoms with Crippen LogP contribution in [0, 0.1) is 0 Å². The van der Waals surface area contributed by atoms with Crippen molar-refractivity contribution in [3.8, 4) is 11.6 Å². The Balaban J connectivity index is 1.51. The molecule has 1 aromatic carbocycles. The third kappa shape index (κ3) is 4.46. The molecule has 0 bridgehead atoms. The van der Waals surface area contributed by atoms with E-state index in [1.807, 2.05) is 42.6 Å². The highest BCUT2D eigenvalue weighted by Gasteiger charge is 2.27. The van der Waals surface area contributed by atoms with Crippen LogP contribution in [-0.4, -0.2) is 45.0 Å². The second-order valence-corrected chi connectivity index (χ2v) is 7.28. The van der Waals surface area contributed by atoms with E-state index in [9.17, 15) is 9.90 Å². The number of rotatable bonds is 6. The van der Waals surface area contributed by atoms with Crippen LogP contribution in [0.1, 0.15) is 40.9 Å². The Hall–Kier alpha value is -3.19. The number of nitrogens with one attached hydrogen (secondary N) is 1. The molecule has 2 aromatic heterocycles. The quantitative estimate of drug-likeness (QED) is 0.673. The molecule has 7 heteroatoms. The predicted molar refractivity (Wildman–Crippen MR) is 108 cm³/mol. The lowest BCUT2D eigenvalue weighted by Gasteiger charge is -2.16. The lowest BCUT2D eigenvalue weighted by Crippen LogP contribution is -2.40. The van der Waals surface area contributed by atoms with E-state index in [0.717, 1.165) is 36.1 Å². The van der Waals surface area contributed by atoms with Gasteiger partial charge in [-0.1, -0.05) is 12.1 Å². The Labute approximate surface area is 169 Å². The molecule has 0 unspecified atom stereocenters. The number of benzene rings is 1. The van der Waals surface area contributed by atoms with E-state index in [2.05, 4.69) is 15.4 Å². The molecule has 0 saturated heterocycles. The van der Waals surface area contributed by atoms with Gasteiger partial charge in [0.05, 0.1) is 24.9 Å². The van der Waals surface area contributed by atoms with E-state index < -0.39 is 6.10 Å². The fraction of sp³-hybridized carbons (Fsp3) is 0.318. The van der Waals surface area contributed by atoms with E-state index in [0.29, 0.717) is 18.0 Å². The molecule has 1 aliphatic rings. The van der Waals surface area contributed by atoms with Gasteiger partial charge in [-0.3, -0.25) is 4.79 Å². The summed E-state index contributed by atoms with van der Waals surface area (Å²) in [5, 5.41) is 17.1. The second-order valence-electron chi connectivity index (χ2n) is 7.28. The fourth-order valence-corrected chi connectivity index (χ4v) is 3.66. The summed E-state index contributed by atoms with van der Waals surface area (Å²) >= 11 is 0. The number of methoxy groups -OCH3 is 1. The molecule has 0 radical (unpaired) electrons. The van der Waals surface area contributed by atoms with Gasteiger partial charge < -0.3 is 15.2 Å². The molecule has 1 fully saturated rings. The Morgan fingerprint density at radius 3 is 2.72 bits per heavy atom. The first-order valence-corrected chi connectivity index (χ1v) is 9.75. The topological polar surface area (TPSA) is 89.3 Å². The van der Waals surface area contributed by atoms with Crippen molar-refractivity contribution in [2.75, 3.05) is 7.11 Å². The largest absolute Gasteiger partial charge is 0.481 e. The molecule has 7 nitrogen and oxygen atoms in total. The molecule has 2 heterocycles. The SMILES string of the molecule is COc1cc(Cc2ccc(-n3cccn3)cc2)cc(C(=O)N[C@H]2CCC[C@@H]2O)n1. The van der Waals surface area contributed by atoms with E-state index in [-0.39, 0.29) is 11.9 Å². The number of carbonyl (C=O) groups is 1. The summed E-state index contributed by atoms with van der Waals surface area (Å²) in [6, 6.07) is 13.4. The van der Waals surface area contributed by atoms with Gasteiger partial charge in [-0.05, 0) is 61.1 Å². The van der Waals surface area contributed by atoms with E-state index in [1.165, 1.54) is 7.11 Å². The van der Waals surface area contributed by atoms with Crippen molar-refractivity contribution in [3.05, 3.63) is 71.7 Å². The van der Waals surface area contributed by atoms with Crippen LogP contribution in [0.15, 0.2) is 54.9 Å². The van der Waals surface area contributed by atoms with Gasteiger partial charge in [-0.2, -0.15) is 5.10 Å². The average molecular weight is 392 g/mol. The molecule has 1 amide bonds. The van der Waals surface area contributed by atoms with Gasteiger partial charge in [0, 0.05) is 18.5 Å². The van der Waals surface area contributed by atoms with Gasteiger partial charge in [0.25, 0.3) is 5.91 Å². The summed E-state index contributed by atoms with van der Waals surface area (Å²) in [6.07, 6.45) is 6.21. The normalized spacial score (nSPS) is 18.6. The van der Waals surface area contributed by atoms with Gasteiger partial charge in [-0.25, -0.2) is 9.67 Å². The molecule has 3 aromatic rings. The number of carbonyl (C=O) groups excluding carboxylic acids is 1. The first kappa shape index (κ1) is 19.1. The minimum Gasteiger partial charge on any atom is -0.481 e. The number of nitrogens with zero attached hydrogens (tertiary/aromatic N) is 3. The van der Waals surface area contributed by atoms with Crippen molar-refractivity contribution in [2.24, 2.45) is 0 Å². The minimum atomic E-state index is -0.489. The van der Waals surface area contributed by atoms with Crippen molar-refractivity contribution >= 4 is 5.91 Å². The first-order valence-electron chi connectivity index (χ1n) is 9.75. The fourth-order valence-electron chi connectivity index (χ4n) is 3.66. The number of amides is 1. The molecule has 150 valence electrons. The molecule has 1 aliphatic carbocycles. The van der Waals surface area contributed by atoms with E-state index in [4.69, 9.17) is 4.74 Å². The number of pyridine rings is 1. The summed E-state index contributed by atoms with van der Waals surface area (Å²) < 4.78 is 7.10. The number of ether oxygens (including phenoxy) is 1.